The van der Waals surface area contributed by atoms with Crippen molar-refractivity contribution in [1.29, 1.82) is 0 Å². The molecule has 1 aliphatic heterocycles. The van der Waals surface area contributed by atoms with E-state index in [2.05, 4.69) is 11.9 Å². The molecule has 5 nitrogen and oxygen atoms in total. The summed E-state index contributed by atoms with van der Waals surface area (Å²) in [6.07, 6.45) is 3.96. The Kier molecular flexibility index (Phi) is 6.28. The Balaban J connectivity index is 1.58. The molecule has 1 fully saturated rings. The Morgan fingerprint density at radius 1 is 1.19 bits per heavy atom. The van der Waals surface area contributed by atoms with E-state index in [-0.39, 0.29) is 12.0 Å². The van der Waals surface area contributed by atoms with Gasteiger partial charge in [-0.05, 0) is 49.2 Å². The number of anilines is 1. The van der Waals surface area contributed by atoms with Crippen LogP contribution in [0.25, 0.3) is 0 Å². The zero-order valence-corrected chi connectivity index (χ0v) is 14.6. The fraction of sp³-hybridized carbons (Fsp3) is 0.286. The van der Waals surface area contributed by atoms with Crippen molar-refractivity contribution in [3.63, 3.8) is 0 Å². The molecule has 136 valence electrons. The third kappa shape index (κ3) is 4.86. The van der Waals surface area contributed by atoms with Gasteiger partial charge in [0.2, 0.25) is 0 Å². The molecule has 1 aliphatic rings. The third-order valence-corrected chi connectivity index (χ3v) is 4.07. The lowest BCUT2D eigenvalue weighted by Crippen LogP contribution is -2.16. The van der Waals surface area contributed by atoms with E-state index in [0.29, 0.717) is 30.2 Å². The molecule has 1 unspecified atom stereocenters. The molecule has 3 rings (SSSR count). The number of rotatable bonds is 8. The minimum atomic E-state index is -0.203. The summed E-state index contributed by atoms with van der Waals surface area (Å²) >= 11 is 0. The van der Waals surface area contributed by atoms with Crippen LogP contribution >= 0.6 is 0 Å². The number of benzene rings is 2. The van der Waals surface area contributed by atoms with Gasteiger partial charge in [-0.2, -0.15) is 0 Å². The van der Waals surface area contributed by atoms with Gasteiger partial charge >= 0.3 is 0 Å². The van der Waals surface area contributed by atoms with E-state index in [0.717, 1.165) is 25.2 Å². The highest BCUT2D eigenvalue weighted by molar-refractivity contribution is 6.05. The van der Waals surface area contributed by atoms with Crippen LogP contribution in [0.3, 0.4) is 0 Å². The van der Waals surface area contributed by atoms with Crippen molar-refractivity contribution in [2.75, 3.05) is 25.1 Å². The van der Waals surface area contributed by atoms with Gasteiger partial charge in [0.1, 0.15) is 24.7 Å². The number of carbonyl (C=O) groups is 1. The van der Waals surface area contributed by atoms with Crippen LogP contribution < -0.4 is 14.8 Å². The highest BCUT2D eigenvalue weighted by Gasteiger charge is 2.16. The largest absolute Gasteiger partial charge is 0.491 e. The fourth-order valence-corrected chi connectivity index (χ4v) is 2.71. The highest BCUT2D eigenvalue weighted by Crippen LogP contribution is 2.25. The summed E-state index contributed by atoms with van der Waals surface area (Å²) in [4.78, 5) is 12.5. The van der Waals surface area contributed by atoms with E-state index in [1.54, 1.807) is 42.5 Å². The zero-order chi connectivity index (χ0) is 18.2. The topological polar surface area (TPSA) is 56.8 Å². The summed E-state index contributed by atoms with van der Waals surface area (Å²) in [5, 5.41) is 2.87. The molecule has 5 heteroatoms. The lowest BCUT2D eigenvalue weighted by atomic mass is 10.2. The molecule has 0 spiro atoms. The van der Waals surface area contributed by atoms with Crippen molar-refractivity contribution in [2.45, 2.75) is 18.9 Å². The summed E-state index contributed by atoms with van der Waals surface area (Å²) in [6, 6.07) is 14.4. The van der Waals surface area contributed by atoms with Gasteiger partial charge in [-0.3, -0.25) is 4.79 Å². The van der Waals surface area contributed by atoms with Crippen LogP contribution in [-0.2, 0) is 4.74 Å². The molecular weight excluding hydrogens is 330 g/mol. The first-order valence-electron chi connectivity index (χ1n) is 8.75. The van der Waals surface area contributed by atoms with Crippen molar-refractivity contribution >= 4 is 11.6 Å². The number of hydrogen-bond acceptors (Lipinski definition) is 4. The molecule has 1 heterocycles. The van der Waals surface area contributed by atoms with Crippen molar-refractivity contribution < 1.29 is 19.0 Å². The van der Waals surface area contributed by atoms with Gasteiger partial charge in [0.05, 0.1) is 11.8 Å². The summed E-state index contributed by atoms with van der Waals surface area (Å²) in [7, 11) is 0. The van der Waals surface area contributed by atoms with Crippen molar-refractivity contribution in [1.82, 2.24) is 0 Å². The maximum atomic E-state index is 12.5. The van der Waals surface area contributed by atoms with Gasteiger partial charge in [-0.25, -0.2) is 0 Å². The number of ether oxygens (including phenoxy) is 3. The Morgan fingerprint density at radius 2 is 2.00 bits per heavy atom. The van der Waals surface area contributed by atoms with Gasteiger partial charge < -0.3 is 19.5 Å². The molecule has 0 bridgehead atoms. The second-order valence-corrected chi connectivity index (χ2v) is 6.02. The van der Waals surface area contributed by atoms with Gasteiger partial charge in [0.15, 0.2) is 0 Å². The maximum Gasteiger partial charge on any atom is 0.255 e. The second kappa shape index (κ2) is 9.06. The number of para-hydroxylation sites is 2. The summed E-state index contributed by atoms with van der Waals surface area (Å²) < 4.78 is 16.8. The van der Waals surface area contributed by atoms with Crippen LogP contribution in [-0.4, -0.2) is 31.8 Å². The monoisotopic (exact) mass is 353 g/mol. The van der Waals surface area contributed by atoms with Gasteiger partial charge in [-0.15, -0.1) is 0 Å². The molecule has 1 saturated heterocycles. The molecule has 2 aromatic rings. The van der Waals surface area contributed by atoms with E-state index < -0.39 is 0 Å². The van der Waals surface area contributed by atoms with E-state index in [1.165, 1.54) is 0 Å². The smallest absolute Gasteiger partial charge is 0.255 e. The molecule has 1 atom stereocenters. The first kappa shape index (κ1) is 18.0. The van der Waals surface area contributed by atoms with Gasteiger partial charge in [0, 0.05) is 12.2 Å². The van der Waals surface area contributed by atoms with Crippen molar-refractivity contribution in [3.05, 3.63) is 66.7 Å². The van der Waals surface area contributed by atoms with E-state index in [1.807, 2.05) is 12.1 Å². The van der Waals surface area contributed by atoms with Crippen molar-refractivity contribution in [3.8, 4) is 11.5 Å². The minimum Gasteiger partial charge on any atom is -0.491 e. The Hall–Kier alpha value is -2.79. The Bertz CT molecular complexity index is 736. The Morgan fingerprint density at radius 3 is 2.73 bits per heavy atom. The first-order valence-corrected chi connectivity index (χ1v) is 8.75. The quantitative estimate of drug-likeness (QED) is 0.727. The fourth-order valence-electron chi connectivity index (χ4n) is 2.71. The SMILES string of the molecule is C=CCOc1ccccc1NC(=O)c1ccc(OCC2CCCO2)cc1. The molecule has 1 N–H and O–H groups in total. The maximum absolute atomic E-state index is 12.5. The molecule has 0 aromatic heterocycles. The normalized spacial score (nSPS) is 16.1. The average molecular weight is 353 g/mol. The number of nitrogens with one attached hydrogen (secondary N) is 1. The predicted octanol–water partition coefficient (Wildman–Crippen LogP) is 4.06. The van der Waals surface area contributed by atoms with Gasteiger partial charge in [0.25, 0.3) is 5.91 Å². The molecule has 0 aliphatic carbocycles. The predicted molar refractivity (Wildman–Crippen MR) is 101 cm³/mol. The molecule has 26 heavy (non-hydrogen) atoms. The average Bonchev–Trinajstić information content (AvgIpc) is 3.20. The zero-order valence-electron chi connectivity index (χ0n) is 14.6. The summed E-state index contributed by atoms with van der Waals surface area (Å²) in [5.74, 6) is 1.13. The number of carbonyl (C=O) groups excluding carboxylic acids is 1. The number of hydrogen-bond donors (Lipinski definition) is 1. The van der Waals surface area contributed by atoms with Crippen LogP contribution in [0.2, 0.25) is 0 Å². The van der Waals surface area contributed by atoms with Crippen LogP contribution in [0.4, 0.5) is 5.69 Å². The van der Waals surface area contributed by atoms with Crippen molar-refractivity contribution in [2.24, 2.45) is 0 Å². The summed E-state index contributed by atoms with van der Waals surface area (Å²) in [5.41, 5.74) is 1.17. The van der Waals surface area contributed by atoms with E-state index in [9.17, 15) is 4.79 Å². The first-order chi connectivity index (χ1) is 12.8. The molecular formula is C21H23NO4. The highest BCUT2D eigenvalue weighted by atomic mass is 16.5. The van der Waals surface area contributed by atoms with Crippen LogP contribution in [0.5, 0.6) is 11.5 Å². The number of amides is 1. The van der Waals surface area contributed by atoms with Gasteiger partial charge in [-0.1, -0.05) is 24.8 Å². The molecule has 1 amide bonds. The van der Waals surface area contributed by atoms with E-state index >= 15 is 0 Å². The third-order valence-electron chi connectivity index (χ3n) is 4.07. The van der Waals surface area contributed by atoms with Crippen LogP contribution in [0.1, 0.15) is 23.2 Å². The molecule has 0 saturated carbocycles. The standard InChI is InChI=1S/C21H23NO4/c1-2-13-25-20-8-4-3-7-19(20)22-21(23)16-9-11-17(12-10-16)26-15-18-6-5-14-24-18/h2-4,7-12,18H,1,5-6,13-15H2,(H,22,23). The van der Waals surface area contributed by atoms with Crippen LogP contribution in [0, 0.1) is 0 Å². The molecule has 2 aromatic carbocycles. The summed E-state index contributed by atoms with van der Waals surface area (Å²) in [6.45, 7) is 5.36. The lowest BCUT2D eigenvalue weighted by Gasteiger charge is -2.13. The van der Waals surface area contributed by atoms with E-state index in [4.69, 9.17) is 14.2 Å². The second-order valence-electron chi connectivity index (χ2n) is 6.02. The minimum absolute atomic E-state index is 0.171. The van der Waals surface area contributed by atoms with Crippen LogP contribution in [0.15, 0.2) is 61.2 Å². The Labute approximate surface area is 153 Å². The molecule has 0 radical (unpaired) electrons. The lowest BCUT2D eigenvalue weighted by molar-refractivity contribution is 0.0679.